The number of carboxylic acids is 1. The Morgan fingerprint density at radius 3 is 2.90 bits per heavy atom. The Bertz CT molecular complexity index is 483. The number of nitrogens with one attached hydrogen (secondary N) is 1. The molecule has 0 amide bonds. The number of nitrogens with zero attached hydrogens (tertiary/aromatic N) is 2. The first-order chi connectivity index (χ1) is 10.1. The summed E-state index contributed by atoms with van der Waals surface area (Å²) < 4.78 is 1.95. The molecular formula is C13H21N3O2S3. The van der Waals surface area contributed by atoms with Crippen LogP contribution in [0.2, 0.25) is 0 Å². The molecule has 1 heterocycles. The summed E-state index contributed by atoms with van der Waals surface area (Å²) in [4.78, 5) is 11.7. The van der Waals surface area contributed by atoms with Gasteiger partial charge in [0.05, 0.1) is 0 Å². The van der Waals surface area contributed by atoms with Crippen molar-refractivity contribution in [3.8, 4) is 0 Å². The first-order valence-corrected chi connectivity index (χ1v) is 10.1. The van der Waals surface area contributed by atoms with E-state index in [9.17, 15) is 9.90 Å². The minimum Gasteiger partial charge on any atom is -0.480 e. The largest absolute Gasteiger partial charge is 0.480 e. The molecule has 1 aliphatic carbocycles. The van der Waals surface area contributed by atoms with E-state index in [-0.39, 0.29) is 5.92 Å². The van der Waals surface area contributed by atoms with E-state index in [0.29, 0.717) is 6.54 Å². The fourth-order valence-corrected chi connectivity index (χ4v) is 5.56. The Morgan fingerprint density at radius 2 is 2.29 bits per heavy atom. The van der Waals surface area contributed by atoms with Gasteiger partial charge in [-0.1, -0.05) is 48.2 Å². The predicted octanol–water partition coefficient (Wildman–Crippen LogP) is 2.98. The van der Waals surface area contributed by atoms with E-state index in [2.05, 4.69) is 15.5 Å². The van der Waals surface area contributed by atoms with E-state index < -0.39 is 11.5 Å². The second-order valence-electron chi connectivity index (χ2n) is 5.07. The van der Waals surface area contributed by atoms with Gasteiger partial charge < -0.3 is 10.4 Å². The van der Waals surface area contributed by atoms with E-state index in [1.807, 2.05) is 13.2 Å². The summed E-state index contributed by atoms with van der Waals surface area (Å²) in [6, 6.07) is 0. The van der Waals surface area contributed by atoms with E-state index in [4.69, 9.17) is 0 Å². The zero-order valence-electron chi connectivity index (χ0n) is 12.3. The number of rotatable bonds is 8. The van der Waals surface area contributed by atoms with Gasteiger partial charge in [-0.2, -0.15) is 0 Å². The topological polar surface area (TPSA) is 75.1 Å². The third-order valence-corrected chi connectivity index (χ3v) is 7.01. The summed E-state index contributed by atoms with van der Waals surface area (Å²) in [6.07, 6.45) is 5.61. The molecule has 0 radical (unpaired) electrons. The molecule has 2 unspecified atom stereocenters. The van der Waals surface area contributed by atoms with Crippen molar-refractivity contribution in [2.24, 2.45) is 5.92 Å². The van der Waals surface area contributed by atoms with Crippen molar-refractivity contribution in [3.63, 3.8) is 0 Å². The number of hydrogen-bond donors (Lipinski definition) is 2. The minimum absolute atomic E-state index is 0.204. The van der Waals surface area contributed by atoms with E-state index >= 15 is 0 Å². The van der Waals surface area contributed by atoms with Crippen molar-refractivity contribution >= 4 is 40.8 Å². The number of aromatic nitrogens is 2. The van der Waals surface area contributed by atoms with E-state index in [1.54, 1.807) is 34.9 Å². The van der Waals surface area contributed by atoms with E-state index in [0.717, 1.165) is 40.1 Å². The second-order valence-corrected chi connectivity index (χ2v) is 8.44. The third-order valence-electron chi connectivity index (χ3n) is 3.95. The lowest BCUT2D eigenvalue weighted by molar-refractivity contribution is -0.146. The van der Waals surface area contributed by atoms with Crippen LogP contribution in [0.3, 0.4) is 0 Å². The Morgan fingerprint density at radius 1 is 1.52 bits per heavy atom. The normalized spacial score (nSPS) is 25.3. The summed E-state index contributed by atoms with van der Waals surface area (Å²) in [6.45, 7) is 2.67. The standard InChI is InChI=1S/C13H21N3O2S3/c1-3-14-13(10(17)18)7-4-5-9(13)6-8-20-12-16-15-11(19-2)21-12/h9,14H,3-8H2,1-2H3,(H,17,18). The average molecular weight is 348 g/mol. The molecule has 118 valence electrons. The summed E-state index contributed by atoms with van der Waals surface area (Å²) >= 11 is 4.89. The summed E-state index contributed by atoms with van der Waals surface area (Å²) in [5, 5.41) is 21.1. The molecule has 1 fully saturated rings. The first-order valence-electron chi connectivity index (χ1n) is 7.11. The van der Waals surface area contributed by atoms with Crippen molar-refractivity contribution in [2.75, 3.05) is 18.6 Å². The van der Waals surface area contributed by atoms with Crippen LogP contribution >= 0.6 is 34.9 Å². The van der Waals surface area contributed by atoms with Gasteiger partial charge in [0.15, 0.2) is 8.68 Å². The van der Waals surface area contributed by atoms with Crippen LogP contribution in [-0.4, -0.2) is 45.4 Å². The molecule has 0 aromatic carbocycles. The minimum atomic E-state index is -0.721. The molecule has 2 rings (SSSR count). The summed E-state index contributed by atoms with van der Waals surface area (Å²) in [5.74, 6) is 0.404. The molecule has 2 atom stereocenters. The third kappa shape index (κ3) is 3.91. The fourth-order valence-electron chi connectivity index (χ4n) is 3.00. The number of carboxylic acid groups (broad SMARTS) is 1. The molecule has 1 aromatic rings. The first kappa shape index (κ1) is 17.1. The van der Waals surface area contributed by atoms with Gasteiger partial charge in [0.1, 0.15) is 5.54 Å². The highest BCUT2D eigenvalue weighted by Gasteiger charge is 2.48. The van der Waals surface area contributed by atoms with Gasteiger partial charge in [-0.05, 0) is 38.0 Å². The highest BCUT2D eigenvalue weighted by atomic mass is 32.2. The van der Waals surface area contributed by atoms with Crippen LogP contribution in [0.4, 0.5) is 0 Å². The zero-order valence-corrected chi connectivity index (χ0v) is 14.7. The molecule has 1 aromatic heterocycles. The van der Waals surface area contributed by atoms with Crippen LogP contribution in [0, 0.1) is 5.92 Å². The van der Waals surface area contributed by atoms with Crippen molar-refractivity contribution in [1.29, 1.82) is 0 Å². The fraction of sp³-hybridized carbons (Fsp3) is 0.769. The summed E-state index contributed by atoms with van der Waals surface area (Å²) in [5.41, 5.74) is -0.721. The molecule has 0 aliphatic heterocycles. The van der Waals surface area contributed by atoms with Gasteiger partial charge in [0.2, 0.25) is 0 Å². The Hall–Kier alpha value is -0.310. The Kier molecular flexibility index (Phi) is 6.34. The van der Waals surface area contributed by atoms with Gasteiger partial charge >= 0.3 is 5.97 Å². The number of hydrogen-bond acceptors (Lipinski definition) is 7. The van der Waals surface area contributed by atoms with Gasteiger partial charge in [-0.3, -0.25) is 4.79 Å². The van der Waals surface area contributed by atoms with Crippen LogP contribution in [0.1, 0.15) is 32.6 Å². The van der Waals surface area contributed by atoms with Crippen molar-refractivity contribution in [2.45, 2.75) is 46.8 Å². The molecule has 0 bridgehead atoms. The molecule has 8 heteroatoms. The maximum atomic E-state index is 11.7. The van der Waals surface area contributed by atoms with Crippen LogP contribution in [0.5, 0.6) is 0 Å². The van der Waals surface area contributed by atoms with Crippen LogP contribution in [0.15, 0.2) is 8.68 Å². The average Bonchev–Trinajstić information content (AvgIpc) is 3.07. The quantitative estimate of drug-likeness (QED) is 0.700. The highest BCUT2D eigenvalue weighted by molar-refractivity contribution is 8.02. The molecule has 21 heavy (non-hydrogen) atoms. The number of likely N-dealkylation sites (N-methyl/N-ethyl adjacent to an activating group) is 1. The molecule has 2 N–H and O–H groups in total. The lowest BCUT2D eigenvalue weighted by Crippen LogP contribution is -2.54. The molecule has 1 saturated carbocycles. The number of aliphatic carboxylic acids is 1. The van der Waals surface area contributed by atoms with Crippen LogP contribution < -0.4 is 5.32 Å². The lowest BCUT2D eigenvalue weighted by atomic mass is 9.85. The molecule has 5 nitrogen and oxygen atoms in total. The van der Waals surface area contributed by atoms with Gasteiger partial charge in [0, 0.05) is 5.75 Å². The molecule has 0 spiro atoms. The van der Waals surface area contributed by atoms with Gasteiger partial charge in [-0.15, -0.1) is 10.2 Å². The molecular weight excluding hydrogens is 326 g/mol. The van der Waals surface area contributed by atoms with Crippen LogP contribution in [0.25, 0.3) is 0 Å². The Balaban J connectivity index is 1.90. The SMILES string of the molecule is CCNC1(C(=O)O)CCCC1CCSc1nnc(SC)s1. The predicted molar refractivity (Wildman–Crippen MR) is 88.4 cm³/mol. The monoisotopic (exact) mass is 347 g/mol. The smallest absolute Gasteiger partial charge is 0.324 e. The molecule has 1 aliphatic rings. The Labute approximate surface area is 137 Å². The summed E-state index contributed by atoms with van der Waals surface area (Å²) in [7, 11) is 0. The van der Waals surface area contributed by atoms with Crippen molar-refractivity contribution in [1.82, 2.24) is 15.5 Å². The molecule has 0 saturated heterocycles. The maximum absolute atomic E-state index is 11.7. The lowest BCUT2D eigenvalue weighted by Gasteiger charge is -2.32. The highest BCUT2D eigenvalue weighted by Crippen LogP contribution is 2.39. The van der Waals surface area contributed by atoms with Crippen molar-refractivity contribution in [3.05, 3.63) is 0 Å². The number of thioether (sulfide) groups is 2. The van der Waals surface area contributed by atoms with Crippen molar-refractivity contribution < 1.29 is 9.90 Å². The van der Waals surface area contributed by atoms with Crippen LogP contribution in [-0.2, 0) is 4.79 Å². The van der Waals surface area contributed by atoms with E-state index in [1.165, 1.54) is 0 Å². The zero-order chi connectivity index (χ0) is 15.3. The second kappa shape index (κ2) is 7.80. The number of carbonyl (C=O) groups is 1. The maximum Gasteiger partial charge on any atom is 0.324 e. The van der Waals surface area contributed by atoms with Gasteiger partial charge in [-0.25, -0.2) is 0 Å². The van der Waals surface area contributed by atoms with Gasteiger partial charge in [0.25, 0.3) is 0 Å².